The number of rotatable bonds is 7. The van der Waals surface area contributed by atoms with E-state index in [1.807, 2.05) is 25.9 Å². The van der Waals surface area contributed by atoms with Gasteiger partial charge < -0.3 is 54.1 Å². The number of phenols is 2. The fourth-order valence-corrected chi connectivity index (χ4v) is 7.90. The summed E-state index contributed by atoms with van der Waals surface area (Å²) in [6.45, 7) is 5.20. The number of phenolic OH excluding ortho intramolecular Hbond substituents is 2. The van der Waals surface area contributed by atoms with Crippen LogP contribution in [0.1, 0.15) is 101 Å². The number of likely N-dealkylation sites (N-methyl/N-ethyl adjacent to an activating group) is 1. The van der Waals surface area contributed by atoms with Crippen molar-refractivity contribution in [2.75, 3.05) is 21.2 Å². The van der Waals surface area contributed by atoms with E-state index in [9.17, 15) is 39.9 Å². The molecule has 2 fully saturated rings. The number of ketones is 2. The van der Waals surface area contributed by atoms with Gasteiger partial charge in [-0.2, -0.15) is 0 Å². The number of esters is 1. The Morgan fingerprint density at radius 3 is 2.02 bits per heavy atom. The first-order valence-electron chi connectivity index (χ1n) is 16.9. The van der Waals surface area contributed by atoms with Gasteiger partial charge >= 0.3 is 5.97 Å². The van der Waals surface area contributed by atoms with E-state index < -0.39 is 89.8 Å². The summed E-state index contributed by atoms with van der Waals surface area (Å²) in [5.41, 5.74) is -1.88. The summed E-state index contributed by atoms with van der Waals surface area (Å²) in [4.78, 5) is 42.8. The molecule has 0 spiro atoms. The lowest BCUT2D eigenvalue weighted by Gasteiger charge is -2.47. The number of nitrogens with zero attached hydrogens (tertiary/aromatic N) is 1. The topological polar surface area (TPSA) is 202 Å². The molecule has 2 saturated heterocycles. The lowest BCUT2D eigenvalue weighted by molar-refractivity contribution is -0.310. The van der Waals surface area contributed by atoms with Gasteiger partial charge in [-0.25, -0.2) is 0 Å². The van der Waals surface area contributed by atoms with Gasteiger partial charge in [-0.15, -0.1) is 0 Å². The predicted octanol–water partition coefficient (Wildman–Crippen LogP) is 2.04. The van der Waals surface area contributed by atoms with Crippen molar-refractivity contribution >= 4 is 17.5 Å². The zero-order valence-electron chi connectivity index (χ0n) is 28.9. The van der Waals surface area contributed by atoms with Crippen LogP contribution in [0.5, 0.6) is 11.5 Å². The van der Waals surface area contributed by atoms with Crippen molar-refractivity contribution in [1.29, 1.82) is 0 Å². The minimum absolute atomic E-state index is 0.0483. The van der Waals surface area contributed by atoms with Crippen molar-refractivity contribution in [2.24, 2.45) is 0 Å². The highest BCUT2D eigenvalue weighted by Gasteiger charge is 2.52. The average molecular weight is 700 g/mol. The number of fused-ring (bicyclic) bond motifs is 3. The molecule has 2 aliphatic heterocycles. The van der Waals surface area contributed by atoms with Gasteiger partial charge in [0.05, 0.1) is 48.3 Å². The number of aromatic hydroxyl groups is 2. The Hall–Kier alpha value is -3.47. The molecule has 0 saturated carbocycles. The molecule has 11 atom stereocenters. The van der Waals surface area contributed by atoms with E-state index in [1.165, 1.54) is 19.2 Å². The molecule has 5 N–H and O–H groups in total. The average Bonchev–Trinajstić information content (AvgIpc) is 3.07. The van der Waals surface area contributed by atoms with E-state index in [2.05, 4.69) is 0 Å². The van der Waals surface area contributed by atoms with Gasteiger partial charge in [-0.1, -0.05) is 6.92 Å². The number of aliphatic hydroxyl groups is 3. The molecule has 272 valence electrons. The molecule has 50 heavy (non-hydrogen) atoms. The lowest BCUT2D eigenvalue weighted by Crippen LogP contribution is -2.57. The summed E-state index contributed by atoms with van der Waals surface area (Å²) < 4.78 is 30.2. The second-order valence-electron chi connectivity index (χ2n) is 14.0. The molecule has 14 heteroatoms. The quantitative estimate of drug-likeness (QED) is 0.177. The molecule has 0 unspecified atom stereocenters. The number of aliphatic hydroxyl groups excluding tert-OH is 2. The first-order valence-corrected chi connectivity index (χ1v) is 16.9. The Labute approximate surface area is 289 Å². The SMILES string of the molecule is CC[C@]1(O)C[C@@H](O[C@H]2C[C@H](N(C)C)[C@H](O[C@H]3C[C@H](O)[C@H](O)[C@H](C)O3)[C@H](C)O2)c2cc3c(cc2[C@H]1C(=O)OC)C(=O)c1c(O)ccc(O)c1C3=O. The summed E-state index contributed by atoms with van der Waals surface area (Å²) >= 11 is 0. The molecule has 0 bridgehead atoms. The Bertz CT molecular complexity index is 1670. The van der Waals surface area contributed by atoms with E-state index >= 15 is 0 Å². The number of hydrogen-bond acceptors (Lipinski definition) is 14. The second-order valence-corrected chi connectivity index (χ2v) is 14.0. The van der Waals surface area contributed by atoms with Crippen LogP contribution in [0.4, 0.5) is 0 Å². The third-order valence-corrected chi connectivity index (χ3v) is 10.7. The second kappa shape index (κ2) is 13.6. The molecule has 0 amide bonds. The van der Waals surface area contributed by atoms with Crippen LogP contribution in [-0.2, 0) is 28.5 Å². The van der Waals surface area contributed by atoms with Gasteiger partial charge in [0.2, 0.25) is 0 Å². The Morgan fingerprint density at radius 2 is 1.48 bits per heavy atom. The van der Waals surface area contributed by atoms with Gasteiger partial charge in [-0.05, 0) is 69.8 Å². The van der Waals surface area contributed by atoms with Crippen LogP contribution in [-0.4, -0.2) is 124 Å². The molecule has 4 aliphatic rings. The van der Waals surface area contributed by atoms with Crippen LogP contribution in [0.25, 0.3) is 0 Å². The van der Waals surface area contributed by atoms with Crippen LogP contribution < -0.4 is 0 Å². The van der Waals surface area contributed by atoms with Crippen LogP contribution >= 0.6 is 0 Å². The number of benzene rings is 2. The number of carbonyl (C=O) groups excluding carboxylic acids is 3. The van der Waals surface area contributed by atoms with E-state index in [1.54, 1.807) is 13.8 Å². The summed E-state index contributed by atoms with van der Waals surface area (Å²) in [6, 6.07) is 4.82. The minimum Gasteiger partial charge on any atom is -0.507 e. The standard InChI is InChI=1S/C36H45NO13/c1-7-36(45)14-25(49-26-12-21(37(4)5)34(16(3)48-26)50-27-13-24(40)31(41)15(2)47-27)17-10-19-20(11-18(17)30(36)35(44)46-6)33(43)29-23(39)9-8-22(38)28(29)32(19)42/h8-11,15-16,21,24-27,30-31,34,38-41,45H,7,12-14H2,1-6H3/t15-,16-,21-,24-,25+,26-,27-,30-,31+,34+,36-/m0/s1. The smallest absolute Gasteiger partial charge is 0.316 e. The zero-order valence-corrected chi connectivity index (χ0v) is 28.9. The molecular formula is C36H45NO13. The number of carbonyl (C=O) groups is 3. The summed E-state index contributed by atoms with van der Waals surface area (Å²) in [6.07, 6.45) is -5.85. The maximum absolute atomic E-state index is 13.8. The maximum Gasteiger partial charge on any atom is 0.316 e. The lowest BCUT2D eigenvalue weighted by atomic mass is 9.67. The minimum atomic E-state index is -1.67. The van der Waals surface area contributed by atoms with Crippen molar-refractivity contribution in [3.8, 4) is 11.5 Å². The molecular weight excluding hydrogens is 654 g/mol. The predicted molar refractivity (Wildman–Crippen MR) is 174 cm³/mol. The van der Waals surface area contributed by atoms with E-state index in [0.717, 1.165) is 12.1 Å². The molecule has 2 aromatic rings. The summed E-state index contributed by atoms with van der Waals surface area (Å²) in [7, 11) is 4.96. The van der Waals surface area contributed by atoms with Crippen LogP contribution in [0.3, 0.4) is 0 Å². The van der Waals surface area contributed by atoms with Crippen LogP contribution in [0.15, 0.2) is 24.3 Å². The van der Waals surface area contributed by atoms with Gasteiger partial charge in [-0.3, -0.25) is 14.4 Å². The maximum atomic E-state index is 13.8. The monoisotopic (exact) mass is 699 g/mol. The molecule has 6 rings (SSSR count). The normalized spacial score (nSPS) is 35.3. The van der Waals surface area contributed by atoms with Crippen LogP contribution in [0, 0.1) is 0 Å². The van der Waals surface area contributed by atoms with Gasteiger partial charge in [0.15, 0.2) is 24.1 Å². The van der Waals surface area contributed by atoms with Crippen LogP contribution in [0.2, 0.25) is 0 Å². The molecule has 2 aliphatic carbocycles. The molecule has 2 heterocycles. The van der Waals surface area contributed by atoms with E-state index in [0.29, 0.717) is 12.0 Å². The Morgan fingerprint density at radius 1 is 0.920 bits per heavy atom. The highest BCUT2D eigenvalue weighted by molar-refractivity contribution is 6.30. The van der Waals surface area contributed by atoms with Gasteiger partial charge in [0, 0.05) is 36.4 Å². The highest BCUT2D eigenvalue weighted by Crippen LogP contribution is 2.51. The number of hydrogen-bond donors (Lipinski definition) is 5. The van der Waals surface area contributed by atoms with Crippen molar-refractivity contribution < 1.29 is 63.6 Å². The number of ether oxygens (including phenoxy) is 5. The third kappa shape index (κ3) is 6.11. The Balaban J connectivity index is 1.35. The van der Waals surface area contributed by atoms with Crippen molar-refractivity contribution in [3.05, 3.63) is 57.6 Å². The zero-order chi connectivity index (χ0) is 36.4. The van der Waals surface area contributed by atoms with E-state index in [4.69, 9.17) is 23.7 Å². The largest absolute Gasteiger partial charge is 0.507 e. The Kier molecular flexibility index (Phi) is 9.87. The fraction of sp³-hybridized carbons (Fsp3) is 0.583. The molecule has 0 aromatic heterocycles. The fourth-order valence-electron chi connectivity index (χ4n) is 7.90. The molecule has 0 radical (unpaired) electrons. The van der Waals surface area contributed by atoms with Gasteiger partial charge in [0.1, 0.15) is 29.6 Å². The molecule has 2 aromatic carbocycles. The first-order chi connectivity index (χ1) is 23.6. The third-order valence-electron chi connectivity index (χ3n) is 10.7. The molecule has 14 nitrogen and oxygen atoms in total. The number of methoxy groups -OCH3 is 1. The first kappa shape index (κ1) is 36.3. The summed E-state index contributed by atoms with van der Waals surface area (Å²) in [5.74, 6) is -4.32. The van der Waals surface area contributed by atoms with Gasteiger partial charge in [0.25, 0.3) is 0 Å². The van der Waals surface area contributed by atoms with Crippen molar-refractivity contribution in [1.82, 2.24) is 4.90 Å². The summed E-state index contributed by atoms with van der Waals surface area (Å²) in [5, 5.41) is 53.5. The van der Waals surface area contributed by atoms with Crippen molar-refractivity contribution in [2.45, 2.75) is 113 Å². The highest BCUT2D eigenvalue weighted by atomic mass is 16.7. The van der Waals surface area contributed by atoms with E-state index in [-0.39, 0.29) is 53.1 Å². The van der Waals surface area contributed by atoms with Crippen molar-refractivity contribution in [3.63, 3.8) is 0 Å².